The molecular formula is C17H24N4O. The lowest BCUT2D eigenvalue weighted by Crippen LogP contribution is -2.41. The van der Waals surface area contributed by atoms with E-state index in [9.17, 15) is 4.79 Å². The Morgan fingerprint density at radius 1 is 1.14 bits per heavy atom. The number of carbonyl (C=O) groups is 1. The van der Waals surface area contributed by atoms with E-state index in [-0.39, 0.29) is 5.92 Å². The van der Waals surface area contributed by atoms with Crippen molar-refractivity contribution in [2.24, 2.45) is 5.92 Å². The summed E-state index contributed by atoms with van der Waals surface area (Å²) in [6.45, 7) is 5.73. The molecule has 0 saturated carbocycles. The zero-order valence-electron chi connectivity index (χ0n) is 13.1. The molecule has 1 aromatic heterocycles. The second kappa shape index (κ2) is 5.88. The van der Waals surface area contributed by atoms with E-state index in [0.717, 1.165) is 44.0 Å². The topological polar surface area (TPSA) is 41.4 Å². The second-order valence-corrected chi connectivity index (χ2v) is 6.72. The Kier molecular flexibility index (Phi) is 3.74. The number of rotatable bonds is 3. The summed E-state index contributed by atoms with van der Waals surface area (Å²) >= 11 is 0. The van der Waals surface area contributed by atoms with Crippen LogP contribution in [0.5, 0.6) is 0 Å². The quantitative estimate of drug-likeness (QED) is 0.799. The van der Waals surface area contributed by atoms with Crippen molar-refractivity contribution in [1.29, 1.82) is 0 Å². The minimum atomic E-state index is 0.172. The third-order valence-electron chi connectivity index (χ3n) is 5.11. The first-order chi connectivity index (χ1) is 10.8. The molecule has 5 nitrogen and oxygen atoms in total. The van der Waals surface area contributed by atoms with Crippen LogP contribution in [-0.2, 0) is 24.4 Å². The van der Waals surface area contributed by atoms with Gasteiger partial charge in [0.15, 0.2) is 0 Å². The second-order valence-electron chi connectivity index (χ2n) is 6.72. The lowest BCUT2D eigenvalue weighted by atomic mass is 10.1. The predicted molar refractivity (Wildman–Crippen MR) is 84.0 cm³/mol. The summed E-state index contributed by atoms with van der Waals surface area (Å²) in [5.74, 6) is 1.53. The van der Waals surface area contributed by atoms with Gasteiger partial charge in [0.1, 0.15) is 5.82 Å². The van der Waals surface area contributed by atoms with Gasteiger partial charge in [-0.25, -0.2) is 4.98 Å². The fourth-order valence-corrected chi connectivity index (χ4v) is 3.82. The van der Waals surface area contributed by atoms with Crippen LogP contribution >= 0.6 is 0 Å². The number of likely N-dealkylation sites (tertiary alicyclic amines) is 1. The number of carbonyl (C=O) groups excluding carboxylic acids is 1. The molecule has 1 aliphatic carbocycles. The van der Waals surface area contributed by atoms with Crippen molar-refractivity contribution >= 4 is 5.91 Å². The normalized spacial score (nSPS) is 22.5. The number of imidazole rings is 1. The largest absolute Gasteiger partial charge is 0.333 e. The molecule has 0 radical (unpaired) electrons. The van der Waals surface area contributed by atoms with Crippen molar-refractivity contribution in [2.45, 2.75) is 45.3 Å². The van der Waals surface area contributed by atoms with Crippen LogP contribution in [0.15, 0.2) is 18.3 Å². The summed E-state index contributed by atoms with van der Waals surface area (Å²) in [7, 11) is 0. The molecule has 3 aliphatic rings. The van der Waals surface area contributed by atoms with Crippen molar-refractivity contribution < 1.29 is 4.79 Å². The van der Waals surface area contributed by atoms with Crippen LogP contribution in [0.1, 0.15) is 37.2 Å². The van der Waals surface area contributed by atoms with Gasteiger partial charge in [0.05, 0.1) is 12.2 Å². The average molecular weight is 300 g/mol. The molecule has 118 valence electrons. The summed E-state index contributed by atoms with van der Waals surface area (Å²) in [6, 6.07) is 0. The molecule has 0 unspecified atom stereocenters. The zero-order valence-corrected chi connectivity index (χ0v) is 13.1. The van der Waals surface area contributed by atoms with Gasteiger partial charge in [-0.1, -0.05) is 12.2 Å². The van der Waals surface area contributed by atoms with E-state index < -0.39 is 0 Å². The average Bonchev–Trinajstić information content (AvgIpc) is 3.27. The maximum Gasteiger partial charge on any atom is 0.226 e. The highest BCUT2D eigenvalue weighted by molar-refractivity contribution is 5.79. The molecule has 2 aliphatic heterocycles. The lowest BCUT2D eigenvalue weighted by molar-refractivity contribution is -0.136. The first-order valence-electron chi connectivity index (χ1n) is 8.50. The predicted octanol–water partition coefficient (Wildman–Crippen LogP) is 1.79. The highest BCUT2D eigenvalue weighted by Gasteiger charge is 2.28. The van der Waals surface area contributed by atoms with Crippen LogP contribution < -0.4 is 0 Å². The molecule has 22 heavy (non-hydrogen) atoms. The van der Waals surface area contributed by atoms with Gasteiger partial charge in [-0.2, -0.15) is 0 Å². The third-order valence-corrected chi connectivity index (χ3v) is 5.11. The Hall–Kier alpha value is -1.62. The van der Waals surface area contributed by atoms with Gasteiger partial charge in [0.25, 0.3) is 0 Å². The van der Waals surface area contributed by atoms with Gasteiger partial charge in [-0.05, 0) is 38.8 Å². The Bertz CT molecular complexity index is 577. The van der Waals surface area contributed by atoms with Gasteiger partial charge in [0, 0.05) is 31.7 Å². The van der Waals surface area contributed by atoms with Crippen molar-refractivity contribution in [3.8, 4) is 0 Å². The maximum atomic E-state index is 12.5. The summed E-state index contributed by atoms with van der Waals surface area (Å²) < 4.78 is 2.24. The summed E-state index contributed by atoms with van der Waals surface area (Å²) in [5, 5.41) is 0. The fourth-order valence-electron chi connectivity index (χ4n) is 3.82. The van der Waals surface area contributed by atoms with Crippen LogP contribution in [0.3, 0.4) is 0 Å². The molecule has 0 atom stereocenters. The first-order valence-corrected chi connectivity index (χ1v) is 8.50. The van der Waals surface area contributed by atoms with Gasteiger partial charge < -0.3 is 9.47 Å². The number of amides is 1. The smallest absolute Gasteiger partial charge is 0.226 e. The number of allylic oxidation sites excluding steroid dienone is 2. The molecule has 0 aromatic carbocycles. The zero-order chi connectivity index (χ0) is 14.9. The Balaban J connectivity index is 1.42. The number of hydrogen-bond acceptors (Lipinski definition) is 3. The van der Waals surface area contributed by atoms with Crippen molar-refractivity contribution in [1.82, 2.24) is 19.4 Å². The SMILES string of the molecule is O=C(C1CC=CC1)N1CCn2cc(CN3CCCC3)nc2C1. The molecule has 0 N–H and O–H groups in total. The molecule has 1 aromatic rings. The fraction of sp³-hybridized carbons (Fsp3) is 0.647. The molecule has 1 fully saturated rings. The lowest BCUT2D eigenvalue weighted by Gasteiger charge is -2.29. The van der Waals surface area contributed by atoms with Crippen LogP contribution in [0, 0.1) is 5.92 Å². The van der Waals surface area contributed by atoms with Crippen LogP contribution in [0.25, 0.3) is 0 Å². The minimum absolute atomic E-state index is 0.172. The number of hydrogen-bond donors (Lipinski definition) is 0. The molecule has 1 amide bonds. The summed E-state index contributed by atoms with van der Waals surface area (Å²) in [4.78, 5) is 21.8. The molecular weight excluding hydrogens is 276 g/mol. The number of aromatic nitrogens is 2. The monoisotopic (exact) mass is 300 g/mol. The maximum absolute atomic E-state index is 12.5. The Labute approximate surface area is 131 Å². The Morgan fingerprint density at radius 3 is 2.68 bits per heavy atom. The van der Waals surface area contributed by atoms with E-state index in [1.54, 1.807) is 0 Å². The van der Waals surface area contributed by atoms with Crippen molar-refractivity contribution in [2.75, 3.05) is 19.6 Å². The molecule has 3 heterocycles. The van der Waals surface area contributed by atoms with E-state index in [2.05, 4.69) is 27.8 Å². The highest BCUT2D eigenvalue weighted by Crippen LogP contribution is 2.23. The summed E-state index contributed by atoms with van der Waals surface area (Å²) in [6.07, 6.45) is 10.9. The van der Waals surface area contributed by atoms with Crippen molar-refractivity contribution in [3.63, 3.8) is 0 Å². The summed E-state index contributed by atoms with van der Waals surface area (Å²) in [5.41, 5.74) is 1.16. The molecule has 0 bridgehead atoms. The van der Waals surface area contributed by atoms with Crippen LogP contribution in [0.2, 0.25) is 0 Å². The Morgan fingerprint density at radius 2 is 1.91 bits per heavy atom. The highest BCUT2D eigenvalue weighted by atomic mass is 16.2. The third kappa shape index (κ3) is 2.70. The van der Waals surface area contributed by atoms with E-state index in [4.69, 9.17) is 4.98 Å². The molecule has 5 heteroatoms. The molecule has 4 rings (SSSR count). The molecule has 0 spiro atoms. The van der Waals surface area contributed by atoms with Gasteiger partial charge in [0.2, 0.25) is 5.91 Å². The van der Waals surface area contributed by atoms with E-state index in [0.29, 0.717) is 12.5 Å². The minimum Gasteiger partial charge on any atom is -0.333 e. The first kappa shape index (κ1) is 14.0. The van der Waals surface area contributed by atoms with E-state index >= 15 is 0 Å². The standard InChI is InChI=1S/C17H24N4O/c22-17(14-5-1-2-6-14)21-10-9-20-12-15(18-16(20)13-21)11-19-7-3-4-8-19/h1-2,12,14H,3-11,13H2. The van der Waals surface area contributed by atoms with E-state index in [1.807, 2.05) is 4.90 Å². The number of fused-ring (bicyclic) bond motifs is 1. The van der Waals surface area contributed by atoms with Gasteiger partial charge in [-0.3, -0.25) is 9.69 Å². The number of nitrogens with zero attached hydrogens (tertiary/aromatic N) is 4. The van der Waals surface area contributed by atoms with Crippen LogP contribution in [0.4, 0.5) is 0 Å². The van der Waals surface area contributed by atoms with Crippen LogP contribution in [-0.4, -0.2) is 44.9 Å². The molecule has 1 saturated heterocycles. The van der Waals surface area contributed by atoms with Gasteiger partial charge in [-0.15, -0.1) is 0 Å². The van der Waals surface area contributed by atoms with E-state index in [1.165, 1.54) is 25.9 Å². The van der Waals surface area contributed by atoms with Gasteiger partial charge >= 0.3 is 0 Å². The van der Waals surface area contributed by atoms with Crippen molar-refractivity contribution in [3.05, 3.63) is 29.9 Å².